The molecule has 328 valence electrons. The van der Waals surface area contributed by atoms with Crippen molar-refractivity contribution in [3.05, 3.63) is 43.7 Å². The standard InChI is InChI=1S/C33H40I6N6O14/c1-43(5-13(51)8-46)31(57)19-22(34)18(24(36)28(25(19)37)41-16(54)11-49)30(56)40-3-4-45(7-15(53)10-48)33(59)21-23(35)20(32(58)44(2)6-14(52)9-47)26(38)29(27(21)39)42-17(55)12-50/h13-15,46-53H,3-12H2,1-2H3,(H,40,56)(H,41,54)(H,42,55). The summed E-state index contributed by atoms with van der Waals surface area (Å²) in [5.41, 5.74) is -0.266. The quantitative estimate of drug-likeness (QED) is 0.0728. The van der Waals surface area contributed by atoms with Gasteiger partial charge in [0.25, 0.3) is 23.6 Å². The Bertz CT molecular complexity index is 1930. The van der Waals surface area contributed by atoms with Crippen molar-refractivity contribution < 1.29 is 69.6 Å². The van der Waals surface area contributed by atoms with Crippen LogP contribution in [0.15, 0.2) is 0 Å². The van der Waals surface area contributed by atoms with E-state index in [9.17, 15) is 69.6 Å². The average Bonchev–Trinajstić information content (AvgIpc) is 3.19. The van der Waals surface area contributed by atoms with Crippen LogP contribution in [-0.4, -0.2) is 189 Å². The van der Waals surface area contributed by atoms with E-state index in [0.717, 1.165) is 14.7 Å². The Morgan fingerprint density at radius 3 is 1.24 bits per heavy atom. The number of nitrogens with one attached hydrogen (secondary N) is 3. The Morgan fingerprint density at radius 1 is 0.525 bits per heavy atom. The molecule has 0 radical (unpaired) electrons. The van der Waals surface area contributed by atoms with Crippen LogP contribution in [0.2, 0.25) is 0 Å². The Labute approximate surface area is 419 Å². The lowest BCUT2D eigenvalue weighted by molar-refractivity contribution is -0.119. The molecule has 26 heteroatoms. The third-order valence-electron chi connectivity index (χ3n) is 8.00. The summed E-state index contributed by atoms with van der Waals surface area (Å²) in [6.07, 6.45) is -4.04. The lowest BCUT2D eigenvalue weighted by Crippen LogP contribution is -2.44. The fourth-order valence-corrected chi connectivity index (χ4v) is 13.8. The summed E-state index contributed by atoms with van der Waals surface area (Å²) < 4.78 is 0.959. The maximum Gasteiger partial charge on any atom is 0.256 e. The van der Waals surface area contributed by atoms with E-state index in [-0.39, 0.29) is 81.2 Å². The molecule has 0 bridgehead atoms. The average molecular weight is 1510 g/mol. The molecule has 6 amide bonds. The van der Waals surface area contributed by atoms with Crippen molar-refractivity contribution in [2.24, 2.45) is 0 Å². The van der Waals surface area contributed by atoms with Gasteiger partial charge in [0.05, 0.1) is 86.0 Å². The van der Waals surface area contributed by atoms with E-state index < -0.39 is 93.3 Å². The topological polar surface area (TPSA) is 310 Å². The van der Waals surface area contributed by atoms with Crippen molar-refractivity contribution >= 4 is 182 Å². The van der Waals surface area contributed by atoms with Gasteiger partial charge in [-0.05, 0) is 136 Å². The number of likely N-dealkylation sites (N-methyl/N-ethyl adjacent to an activating group) is 2. The number of anilines is 2. The van der Waals surface area contributed by atoms with Gasteiger partial charge < -0.3 is 71.5 Å². The van der Waals surface area contributed by atoms with Crippen LogP contribution >= 0.6 is 136 Å². The van der Waals surface area contributed by atoms with E-state index in [0.29, 0.717) is 0 Å². The van der Waals surface area contributed by atoms with Crippen LogP contribution in [0.4, 0.5) is 11.4 Å². The molecule has 20 nitrogen and oxygen atoms in total. The number of carbonyl (C=O) groups excluding carboxylic acids is 6. The van der Waals surface area contributed by atoms with Gasteiger partial charge in [0.2, 0.25) is 11.8 Å². The minimum absolute atomic E-state index is 0.00162. The van der Waals surface area contributed by atoms with E-state index in [2.05, 4.69) is 16.0 Å². The zero-order valence-corrected chi connectivity index (χ0v) is 43.9. The monoisotopic (exact) mass is 1510 g/mol. The second-order valence-electron chi connectivity index (χ2n) is 12.4. The molecule has 2 aromatic rings. The van der Waals surface area contributed by atoms with Gasteiger partial charge in [-0.15, -0.1) is 0 Å². The molecule has 0 heterocycles. The summed E-state index contributed by atoms with van der Waals surface area (Å²) in [6, 6.07) is 0. The third-order valence-corrected chi connectivity index (χ3v) is 14.5. The summed E-state index contributed by atoms with van der Waals surface area (Å²) in [5, 5.41) is 85.4. The lowest BCUT2D eigenvalue weighted by atomic mass is 10.1. The highest BCUT2D eigenvalue weighted by Crippen LogP contribution is 2.38. The lowest BCUT2D eigenvalue weighted by Gasteiger charge is -2.28. The Morgan fingerprint density at radius 2 is 0.864 bits per heavy atom. The van der Waals surface area contributed by atoms with Crippen molar-refractivity contribution in [1.29, 1.82) is 0 Å². The molecule has 0 aliphatic carbocycles. The Kier molecular flexibility index (Phi) is 23.6. The van der Waals surface area contributed by atoms with Gasteiger partial charge in [0.15, 0.2) is 0 Å². The van der Waals surface area contributed by atoms with Crippen LogP contribution < -0.4 is 16.0 Å². The highest BCUT2D eigenvalue weighted by molar-refractivity contribution is 14.1. The molecule has 2 aromatic carbocycles. The number of benzene rings is 2. The maximum atomic E-state index is 14.5. The van der Waals surface area contributed by atoms with Gasteiger partial charge in [-0.3, -0.25) is 28.8 Å². The number of hydrogen-bond acceptors (Lipinski definition) is 14. The molecule has 0 fully saturated rings. The highest BCUT2D eigenvalue weighted by atomic mass is 127. The molecular formula is C33H40I6N6O14. The molecule has 3 unspecified atom stereocenters. The number of aliphatic hydroxyl groups is 8. The summed E-state index contributed by atoms with van der Waals surface area (Å²) >= 11 is 10.7. The number of hydrogen-bond donors (Lipinski definition) is 11. The first-order valence-corrected chi connectivity index (χ1v) is 23.3. The molecule has 59 heavy (non-hydrogen) atoms. The molecule has 0 saturated heterocycles. The van der Waals surface area contributed by atoms with E-state index >= 15 is 0 Å². The van der Waals surface area contributed by atoms with Crippen molar-refractivity contribution in [2.45, 2.75) is 18.3 Å². The normalized spacial score (nSPS) is 12.6. The first-order chi connectivity index (χ1) is 27.6. The van der Waals surface area contributed by atoms with E-state index in [1.165, 1.54) is 14.1 Å². The minimum Gasteiger partial charge on any atom is -0.394 e. The van der Waals surface area contributed by atoms with Gasteiger partial charge in [0, 0.05) is 54.0 Å². The van der Waals surface area contributed by atoms with Crippen LogP contribution in [0.5, 0.6) is 0 Å². The fraction of sp³-hybridized carbons (Fsp3) is 0.455. The van der Waals surface area contributed by atoms with Gasteiger partial charge in [-0.1, -0.05) is 0 Å². The first-order valence-electron chi connectivity index (χ1n) is 16.8. The molecule has 0 spiro atoms. The van der Waals surface area contributed by atoms with Crippen LogP contribution in [0.25, 0.3) is 0 Å². The second-order valence-corrected chi connectivity index (χ2v) is 18.9. The highest BCUT2D eigenvalue weighted by Gasteiger charge is 2.34. The summed E-state index contributed by atoms with van der Waals surface area (Å²) in [7, 11) is 2.71. The molecule has 0 aromatic heterocycles. The second kappa shape index (κ2) is 25.6. The summed E-state index contributed by atoms with van der Waals surface area (Å²) in [5.74, 6) is -4.66. The Hall–Kier alpha value is -0.680. The first kappa shape index (κ1) is 54.5. The zero-order valence-electron chi connectivity index (χ0n) is 30.9. The van der Waals surface area contributed by atoms with Crippen molar-refractivity contribution in [2.75, 3.05) is 90.5 Å². The van der Waals surface area contributed by atoms with Crippen LogP contribution in [-0.2, 0) is 9.59 Å². The maximum absolute atomic E-state index is 14.5. The molecule has 0 aliphatic heterocycles. The van der Waals surface area contributed by atoms with Crippen molar-refractivity contribution in [3.63, 3.8) is 0 Å². The van der Waals surface area contributed by atoms with Gasteiger partial charge in [-0.25, -0.2) is 0 Å². The number of amides is 6. The van der Waals surface area contributed by atoms with Crippen LogP contribution in [0, 0.1) is 21.4 Å². The van der Waals surface area contributed by atoms with Crippen LogP contribution in [0.1, 0.15) is 41.4 Å². The number of aliphatic hydroxyl groups excluding tert-OH is 8. The number of carbonyl (C=O) groups is 6. The molecular weight excluding hydrogens is 1470 g/mol. The van der Waals surface area contributed by atoms with Crippen molar-refractivity contribution in [3.8, 4) is 0 Å². The van der Waals surface area contributed by atoms with Crippen LogP contribution in [0.3, 0.4) is 0 Å². The Balaban J connectivity index is 2.69. The molecule has 3 atom stereocenters. The van der Waals surface area contributed by atoms with E-state index in [1.54, 1.807) is 136 Å². The smallest absolute Gasteiger partial charge is 0.256 e. The third kappa shape index (κ3) is 14.2. The van der Waals surface area contributed by atoms with Gasteiger partial charge in [-0.2, -0.15) is 0 Å². The zero-order chi connectivity index (χ0) is 45.0. The fourth-order valence-electron chi connectivity index (χ4n) is 5.10. The number of halogens is 6. The largest absolute Gasteiger partial charge is 0.394 e. The minimum atomic E-state index is -1.47. The van der Waals surface area contributed by atoms with E-state index in [1.807, 2.05) is 0 Å². The number of nitrogens with zero attached hydrogens (tertiary/aromatic N) is 3. The number of rotatable bonds is 20. The summed E-state index contributed by atoms with van der Waals surface area (Å²) in [4.78, 5) is 83.9. The summed E-state index contributed by atoms with van der Waals surface area (Å²) in [6.45, 7) is -5.55. The van der Waals surface area contributed by atoms with Gasteiger partial charge in [0.1, 0.15) is 13.2 Å². The van der Waals surface area contributed by atoms with Crippen molar-refractivity contribution in [1.82, 2.24) is 20.0 Å². The predicted molar refractivity (Wildman–Crippen MR) is 262 cm³/mol. The van der Waals surface area contributed by atoms with E-state index in [4.69, 9.17) is 0 Å². The van der Waals surface area contributed by atoms with Gasteiger partial charge >= 0.3 is 0 Å². The molecule has 0 aliphatic rings. The molecule has 11 N–H and O–H groups in total. The molecule has 2 rings (SSSR count). The molecule has 0 saturated carbocycles. The predicted octanol–water partition coefficient (Wildman–Crippen LogP) is -0.748. The SMILES string of the molecule is CN(CC(O)CO)C(=O)c1c(I)c(NC(=O)CO)c(I)c(C(=O)NCCN(CC(O)CO)C(=O)c2c(I)c(NC(=O)CO)c(I)c(C(=O)N(C)CC(O)CO)c2I)c1I.